The van der Waals surface area contributed by atoms with Gasteiger partial charge in [0.1, 0.15) is 10.9 Å². The average Bonchev–Trinajstić information content (AvgIpc) is 2.70. The van der Waals surface area contributed by atoms with E-state index in [-0.39, 0.29) is 17.0 Å². The Balaban J connectivity index is 2.87. The number of aromatic amines is 1. The van der Waals surface area contributed by atoms with Gasteiger partial charge in [-0.05, 0) is 13.3 Å². The predicted octanol–water partition coefficient (Wildman–Crippen LogP) is -0.686. The minimum absolute atomic E-state index is 0.172. The van der Waals surface area contributed by atoms with Gasteiger partial charge in [0.2, 0.25) is 10.0 Å². The number of aromatic nitrogens is 2. The molecule has 106 valence electrons. The minimum Gasteiger partial charge on any atom is -0.481 e. The van der Waals surface area contributed by atoms with Crippen LogP contribution in [0.2, 0.25) is 0 Å². The summed E-state index contributed by atoms with van der Waals surface area (Å²) in [5.41, 5.74) is 0.259. The Hall–Kier alpha value is -1.94. The molecule has 0 bridgehead atoms. The van der Waals surface area contributed by atoms with Crippen LogP contribution in [0, 0.1) is 6.92 Å². The summed E-state index contributed by atoms with van der Waals surface area (Å²) in [5, 5.41) is 23.3. The molecule has 1 aromatic heterocycles. The normalized spacial score (nSPS) is 13.1. The number of sulfonamides is 1. The van der Waals surface area contributed by atoms with Crippen LogP contribution in [0.15, 0.2) is 11.1 Å². The third-order valence-corrected chi connectivity index (χ3v) is 3.90. The van der Waals surface area contributed by atoms with Crippen molar-refractivity contribution in [3.8, 4) is 0 Å². The summed E-state index contributed by atoms with van der Waals surface area (Å²) in [6.45, 7) is 1.47. The Morgan fingerprint density at radius 2 is 2.11 bits per heavy atom. The molecule has 4 N–H and O–H groups in total. The van der Waals surface area contributed by atoms with E-state index in [0.29, 0.717) is 0 Å². The van der Waals surface area contributed by atoms with Crippen molar-refractivity contribution in [1.82, 2.24) is 14.9 Å². The van der Waals surface area contributed by atoms with Crippen LogP contribution in [0.5, 0.6) is 0 Å². The molecule has 0 aromatic carbocycles. The van der Waals surface area contributed by atoms with Gasteiger partial charge in [-0.15, -0.1) is 0 Å². The van der Waals surface area contributed by atoms with Gasteiger partial charge in [0.05, 0.1) is 11.9 Å². The molecule has 0 amide bonds. The lowest BCUT2D eigenvalue weighted by Crippen LogP contribution is -2.41. The van der Waals surface area contributed by atoms with Crippen LogP contribution in [0.25, 0.3) is 0 Å². The number of aliphatic carboxylic acids is 2. The first-order chi connectivity index (χ1) is 8.74. The second kappa shape index (κ2) is 5.80. The Morgan fingerprint density at radius 1 is 1.47 bits per heavy atom. The van der Waals surface area contributed by atoms with E-state index in [4.69, 9.17) is 10.2 Å². The van der Waals surface area contributed by atoms with E-state index < -0.39 is 34.4 Å². The van der Waals surface area contributed by atoms with Crippen LogP contribution in [0.3, 0.4) is 0 Å². The number of hydrogen-bond acceptors (Lipinski definition) is 5. The van der Waals surface area contributed by atoms with Crippen molar-refractivity contribution in [3.05, 3.63) is 11.9 Å². The van der Waals surface area contributed by atoms with E-state index in [2.05, 4.69) is 10.2 Å². The van der Waals surface area contributed by atoms with Gasteiger partial charge in [0.15, 0.2) is 0 Å². The molecular formula is C9H13N3O6S. The lowest BCUT2D eigenvalue weighted by atomic mass is 10.2. The van der Waals surface area contributed by atoms with Crippen LogP contribution < -0.4 is 4.72 Å². The maximum atomic E-state index is 11.9. The third kappa shape index (κ3) is 4.03. The van der Waals surface area contributed by atoms with E-state index in [9.17, 15) is 18.0 Å². The fourth-order valence-electron chi connectivity index (χ4n) is 1.36. The predicted molar refractivity (Wildman–Crippen MR) is 61.9 cm³/mol. The van der Waals surface area contributed by atoms with Crippen LogP contribution in [-0.2, 0) is 19.6 Å². The van der Waals surface area contributed by atoms with Gasteiger partial charge in [-0.3, -0.25) is 14.7 Å². The largest absolute Gasteiger partial charge is 0.481 e. The number of nitrogens with zero attached hydrogens (tertiary/aromatic N) is 1. The maximum Gasteiger partial charge on any atom is 0.321 e. The molecule has 0 aliphatic heterocycles. The van der Waals surface area contributed by atoms with Crippen molar-refractivity contribution < 1.29 is 28.2 Å². The zero-order valence-electron chi connectivity index (χ0n) is 9.95. The minimum atomic E-state index is -4.06. The van der Waals surface area contributed by atoms with Crippen molar-refractivity contribution in [2.75, 3.05) is 0 Å². The standard InChI is InChI=1S/C9H13N3O6S/c1-5-7(4-10-11-5)19(17,18)12-6(9(15)16)2-3-8(13)14/h4,6,12H,2-3H2,1H3,(H,10,11)(H,13,14)(H,15,16)/t6-/m0/s1. The number of H-pyrrole nitrogens is 1. The van der Waals surface area contributed by atoms with Gasteiger partial charge in [-0.1, -0.05) is 0 Å². The summed E-state index contributed by atoms with van der Waals surface area (Å²) >= 11 is 0. The smallest absolute Gasteiger partial charge is 0.321 e. The molecule has 0 aliphatic rings. The first kappa shape index (κ1) is 15.1. The quantitative estimate of drug-likeness (QED) is 0.519. The lowest BCUT2D eigenvalue weighted by molar-refractivity contribution is -0.140. The summed E-state index contributed by atoms with van der Waals surface area (Å²) in [5.74, 6) is -2.64. The van der Waals surface area contributed by atoms with E-state index in [1.807, 2.05) is 4.72 Å². The summed E-state index contributed by atoms with van der Waals surface area (Å²) in [6, 6.07) is -1.50. The zero-order valence-corrected chi connectivity index (χ0v) is 10.8. The van der Waals surface area contributed by atoms with Gasteiger partial charge < -0.3 is 10.2 Å². The first-order valence-electron chi connectivity index (χ1n) is 5.21. The molecule has 0 radical (unpaired) electrons. The fourth-order valence-corrected chi connectivity index (χ4v) is 2.72. The van der Waals surface area contributed by atoms with Crippen LogP contribution in [-0.4, -0.2) is 46.8 Å². The van der Waals surface area contributed by atoms with Crippen molar-refractivity contribution in [1.29, 1.82) is 0 Å². The molecule has 1 atom stereocenters. The highest BCUT2D eigenvalue weighted by Gasteiger charge is 2.27. The average molecular weight is 291 g/mol. The number of nitrogens with one attached hydrogen (secondary N) is 2. The summed E-state index contributed by atoms with van der Waals surface area (Å²) in [6.07, 6.45) is 0.248. The molecule has 0 aliphatic carbocycles. The SMILES string of the molecule is Cc1[nH]ncc1S(=O)(=O)N[C@@H](CCC(=O)O)C(=O)O. The van der Waals surface area contributed by atoms with Gasteiger partial charge in [-0.2, -0.15) is 9.82 Å². The highest BCUT2D eigenvalue weighted by Crippen LogP contribution is 2.12. The van der Waals surface area contributed by atoms with Crippen LogP contribution in [0.4, 0.5) is 0 Å². The fraction of sp³-hybridized carbons (Fsp3) is 0.444. The summed E-state index contributed by atoms with van der Waals surface area (Å²) < 4.78 is 25.7. The molecular weight excluding hydrogens is 278 g/mol. The molecule has 10 heteroatoms. The maximum absolute atomic E-state index is 11.9. The van der Waals surface area contributed by atoms with Crippen molar-refractivity contribution in [2.45, 2.75) is 30.7 Å². The van der Waals surface area contributed by atoms with Crippen LogP contribution in [0.1, 0.15) is 18.5 Å². The summed E-state index contributed by atoms with van der Waals surface area (Å²) in [4.78, 5) is 21.1. The van der Waals surface area contributed by atoms with Gasteiger partial charge in [-0.25, -0.2) is 8.42 Å². The Labute approximate surface area is 108 Å². The highest BCUT2D eigenvalue weighted by molar-refractivity contribution is 7.89. The topological polar surface area (TPSA) is 149 Å². The second-order valence-corrected chi connectivity index (χ2v) is 5.49. The van der Waals surface area contributed by atoms with E-state index in [0.717, 1.165) is 6.20 Å². The van der Waals surface area contributed by atoms with E-state index in [1.54, 1.807) is 0 Å². The molecule has 0 saturated heterocycles. The number of carboxylic acids is 2. The lowest BCUT2D eigenvalue weighted by Gasteiger charge is -2.13. The third-order valence-electron chi connectivity index (χ3n) is 2.32. The van der Waals surface area contributed by atoms with Gasteiger partial charge in [0, 0.05) is 6.42 Å². The molecule has 1 heterocycles. The Morgan fingerprint density at radius 3 is 2.53 bits per heavy atom. The van der Waals surface area contributed by atoms with Crippen molar-refractivity contribution in [2.24, 2.45) is 0 Å². The molecule has 0 spiro atoms. The molecule has 0 unspecified atom stereocenters. The van der Waals surface area contributed by atoms with E-state index >= 15 is 0 Å². The Bertz CT molecular complexity index is 579. The first-order valence-corrected chi connectivity index (χ1v) is 6.69. The molecule has 0 saturated carbocycles. The molecule has 19 heavy (non-hydrogen) atoms. The van der Waals surface area contributed by atoms with Gasteiger partial charge >= 0.3 is 11.9 Å². The van der Waals surface area contributed by atoms with Crippen molar-refractivity contribution in [3.63, 3.8) is 0 Å². The number of carbonyl (C=O) groups is 2. The van der Waals surface area contributed by atoms with Crippen molar-refractivity contribution >= 4 is 22.0 Å². The number of rotatable bonds is 7. The van der Waals surface area contributed by atoms with Crippen LogP contribution >= 0.6 is 0 Å². The monoisotopic (exact) mass is 291 g/mol. The summed E-state index contributed by atoms with van der Waals surface area (Å²) in [7, 11) is -4.06. The Kier molecular flexibility index (Phi) is 4.62. The molecule has 9 nitrogen and oxygen atoms in total. The number of hydrogen-bond donors (Lipinski definition) is 4. The van der Waals surface area contributed by atoms with E-state index in [1.165, 1.54) is 6.92 Å². The van der Waals surface area contributed by atoms with Gasteiger partial charge in [0.25, 0.3) is 0 Å². The molecule has 1 rings (SSSR count). The molecule has 0 fully saturated rings. The number of aryl methyl sites for hydroxylation is 1. The second-order valence-electron chi connectivity index (χ2n) is 3.80. The zero-order chi connectivity index (χ0) is 14.6. The number of carboxylic acid groups (broad SMARTS) is 2. The molecule has 1 aromatic rings. The highest BCUT2D eigenvalue weighted by atomic mass is 32.2.